The first-order chi connectivity index (χ1) is 14.0. The van der Waals surface area contributed by atoms with E-state index in [0.717, 1.165) is 0 Å². The van der Waals surface area contributed by atoms with E-state index in [2.05, 4.69) is 17.4 Å². The van der Waals surface area contributed by atoms with E-state index < -0.39 is 22.5 Å². The second kappa shape index (κ2) is 8.65. The highest BCUT2D eigenvalue weighted by atomic mass is 32.3. The summed E-state index contributed by atoms with van der Waals surface area (Å²) in [5.74, 6) is 1.24. The zero-order valence-electron chi connectivity index (χ0n) is 16.8. The maximum Gasteiger partial charge on any atom is 0.418 e. The fraction of sp³-hybridized carbons (Fsp3) is 0.190. The third kappa shape index (κ3) is 5.73. The van der Waals surface area contributed by atoms with Gasteiger partial charge in [-0.2, -0.15) is 0 Å². The Balaban J connectivity index is 1.72. The molecule has 3 N–H and O–H groups in total. The summed E-state index contributed by atoms with van der Waals surface area (Å²) in [6.07, 6.45) is 2.24. The largest absolute Gasteiger partial charge is 0.457 e. The molecule has 30 heavy (non-hydrogen) atoms. The van der Waals surface area contributed by atoms with Crippen molar-refractivity contribution in [1.29, 1.82) is 0 Å². The van der Waals surface area contributed by atoms with Gasteiger partial charge in [-0.25, -0.2) is 4.79 Å². The zero-order chi connectivity index (χ0) is 21.9. The second-order valence-corrected chi connectivity index (χ2v) is 9.74. The van der Waals surface area contributed by atoms with Crippen molar-refractivity contribution in [2.45, 2.75) is 36.2 Å². The monoisotopic (exact) mass is 448 g/mol. The molecule has 3 rings (SSSR count). The molecule has 9 heteroatoms. The highest BCUT2D eigenvalue weighted by molar-refractivity contribution is 8.25. The van der Waals surface area contributed by atoms with Crippen molar-refractivity contribution in [3.05, 3.63) is 67.0 Å². The van der Waals surface area contributed by atoms with Crippen LogP contribution in [0.2, 0.25) is 0 Å². The number of carbonyl (C=O) groups is 1. The highest BCUT2D eigenvalue weighted by Crippen LogP contribution is 2.49. The molecule has 1 aromatic heterocycles. The Morgan fingerprint density at radius 2 is 1.60 bits per heavy atom. The number of hydrogen-bond donors (Lipinski definition) is 4. The lowest BCUT2D eigenvalue weighted by Gasteiger charge is -2.33. The number of ether oxygens (including phenoxy) is 2. The van der Waals surface area contributed by atoms with Gasteiger partial charge >= 0.3 is 6.09 Å². The minimum atomic E-state index is -3.39. The van der Waals surface area contributed by atoms with Gasteiger partial charge in [-0.3, -0.25) is 18.4 Å². The first kappa shape index (κ1) is 22.1. The SMILES string of the molecule is CC(C)(C)OC(=O)n1cc(S)c(NS(O)(O)c2ccc(Oc3ccccc3)cc2)c1. The van der Waals surface area contributed by atoms with Gasteiger partial charge in [0.15, 0.2) is 0 Å². The summed E-state index contributed by atoms with van der Waals surface area (Å²) in [6, 6.07) is 15.7. The molecule has 0 spiro atoms. The van der Waals surface area contributed by atoms with Crippen LogP contribution in [0.5, 0.6) is 11.5 Å². The van der Waals surface area contributed by atoms with Crippen molar-refractivity contribution >= 4 is 35.2 Å². The molecule has 0 aliphatic heterocycles. The molecule has 0 aliphatic carbocycles. The van der Waals surface area contributed by atoms with E-state index in [-0.39, 0.29) is 10.6 Å². The minimum absolute atomic E-state index is 0.265. The van der Waals surface area contributed by atoms with Gasteiger partial charge in [0, 0.05) is 17.3 Å². The van der Waals surface area contributed by atoms with E-state index in [0.29, 0.717) is 16.4 Å². The molecule has 0 saturated heterocycles. The summed E-state index contributed by atoms with van der Waals surface area (Å²) in [6.45, 7) is 5.28. The van der Waals surface area contributed by atoms with Crippen molar-refractivity contribution in [1.82, 2.24) is 4.57 Å². The van der Waals surface area contributed by atoms with E-state index in [1.54, 1.807) is 45.0 Å². The minimum Gasteiger partial charge on any atom is -0.457 e. The first-order valence-corrected chi connectivity index (χ1v) is 11.1. The molecule has 1 heterocycles. The lowest BCUT2D eigenvalue weighted by molar-refractivity contribution is 0.0537. The van der Waals surface area contributed by atoms with Crippen LogP contribution >= 0.6 is 23.4 Å². The van der Waals surface area contributed by atoms with Crippen molar-refractivity contribution in [2.24, 2.45) is 0 Å². The topological polar surface area (TPSA) is 93.0 Å². The average molecular weight is 449 g/mol. The Morgan fingerprint density at radius 1 is 1.00 bits per heavy atom. The van der Waals surface area contributed by atoms with Crippen LogP contribution in [0.4, 0.5) is 10.5 Å². The predicted molar refractivity (Wildman–Crippen MR) is 121 cm³/mol. The highest BCUT2D eigenvalue weighted by Gasteiger charge is 2.22. The number of rotatable bonds is 5. The number of nitrogens with zero attached hydrogens (tertiary/aromatic N) is 1. The van der Waals surface area contributed by atoms with Crippen LogP contribution in [0.3, 0.4) is 0 Å². The van der Waals surface area contributed by atoms with Gasteiger partial charge in [-0.1, -0.05) is 29.0 Å². The van der Waals surface area contributed by atoms with Crippen LogP contribution in [0.1, 0.15) is 20.8 Å². The van der Waals surface area contributed by atoms with E-state index in [1.807, 2.05) is 30.3 Å². The van der Waals surface area contributed by atoms with Gasteiger partial charge < -0.3 is 9.47 Å². The van der Waals surface area contributed by atoms with Crippen molar-refractivity contribution in [3.8, 4) is 11.5 Å². The molecule has 0 fully saturated rings. The molecule has 2 aromatic carbocycles. The molecule has 160 valence electrons. The number of benzene rings is 2. The van der Waals surface area contributed by atoms with Gasteiger partial charge in [0.05, 0.1) is 10.6 Å². The van der Waals surface area contributed by atoms with Gasteiger partial charge in [-0.05, 0) is 57.2 Å². The summed E-state index contributed by atoms with van der Waals surface area (Å²) in [4.78, 5) is 12.8. The number of carbonyl (C=O) groups excluding carboxylic acids is 1. The van der Waals surface area contributed by atoms with Gasteiger partial charge in [-0.15, -0.1) is 12.6 Å². The summed E-state index contributed by atoms with van der Waals surface area (Å²) in [5, 5.41) is 0. The molecule has 7 nitrogen and oxygen atoms in total. The molecule has 0 saturated carbocycles. The fourth-order valence-corrected chi connectivity index (χ4v) is 3.89. The maximum absolute atomic E-state index is 12.2. The third-order valence-electron chi connectivity index (χ3n) is 3.79. The second-order valence-electron chi connectivity index (χ2n) is 7.48. The molecular weight excluding hydrogens is 424 g/mol. The van der Waals surface area contributed by atoms with Crippen molar-refractivity contribution in [3.63, 3.8) is 0 Å². The average Bonchev–Trinajstić information content (AvgIpc) is 3.02. The smallest absolute Gasteiger partial charge is 0.418 e. The Hall–Kier alpha value is -2.59. The molecule has 0 bridgehead atoms. The number of hydrogen-bond acceptors (Lipinski definition) is 7. The first-order valence-electron chi connectivity index (χ1n) is 9.07. The van der Waals surface area contributed by atoms with Crippen LogP contribution in [-0.4, -0.2) is 25.4 Å². The Bertz CT molecular complexity index is 1010. The van der Waals surface area contributed by atoms with Crippen molar-refractivity contribution in [2.75, 3.05) is 4.72 Å². The number of para-hydroxylation sites is 1. The van der Waals surface area contributed by atoms with Crippen LogP contribution < -0.4 is 9.46 Å². The fourth-order valence-electron chi connectivity index (χ4n) is 2.48. The maximum atomic E-state index is 12.2. The third-order valence-corrected chi connectivity index (χ3v) is 5.58. The molecular formula is C21H24N2O5S2. The number of aromatic nitrogens is 1. The molecule has 3 aromatic rings. The lowest BCUT2D eigenvalue weighted by Crippen LogP contribution is -2.26. The molecule has 0 amide bonds. The molecule has 0 atom stereocenters. The van der Waals surface area contributed by atoms with E-state index in [1.165, 1.54) is 17.0 Å². The number of anilines is 1. The van der Waals surface area contributed by atoms with Gasteiger partial charge in [0.25, 0.3) is 0 Å². The predicted octanol–water partition coefficient (Wildman–Crippen LogP) is 6.49. The van der Waals surface area contributed by atoms with Gasteiger partial charge in [0.2, 0.25) is 0 Å². The van der Waals surface area contributed by atoms with E-state index in [4.69, 9.17) is 9.47 Å². The van der Waals surface area contributed by atoms with E-state index in [9.17, 15) is 13.9 Å². The normalized spacial score (nSPS) is 12.3. The van der Waals surface area contributed by atoms with Crippen LogP contribution in [0.15, 0.2) is 76.8 Å². The quantitative estimate of drug-likeness (QED) is 0.333. The van der Waals surface area contributed by atoms with Crippen LogP contribution in [0, 0.1) is 0 Å². The van der Waals surface area contributed by atoms with Crippen molar-refractivity contribution < 1.29 is 23.4 Å². The summed E-state index contributed by atoms with van der Waals surface area (Å²) in [7, 11) is -3.39. The van der Waals surface area contributed by atoms with Gasteiger partial charge in [0.1, 0.15) is 17.1 Å². The molecule has 0 radical (unpaired) electrons. The summed E-state index contributed by atoms with van der Waals surface area (Å²) < 4.78 is 36.1. The number of nitrogens with one attached hydrogen (secondary N) is 1. The van der Waals surface area contributed by atoms with Crippen LogP contribution in [0.25, 0.3) is 0 Å². The standard InChI is InChI=1S/C21H24N2O5S2/c1-21(2,3)28-20(24)23-13-18(19(29)14-23)22-30(25,26)17-11-9-16(10-12-17)27-15-7-5-4-6-8-15/h4-14,22,25-26,29H,1-3H3. The zero-order valence-corrected chi connectivity index (χ0v) is 18.5. The van der Waals surface area contributed by atoms with E-state index >= 15 is 0 Å². The Kier molecular flexibility index (Phi) is 6.37. The molecule has 0 unspecified atom stereocenters. The Labute approximate surface area is 182 Å². The summed E-state index contributed by atoms with van der Waals surface area (Å²) >= 11 is 4.30. The molecule has 0 aliphatic rings. The van der Waals surface area contributed by atoms with Crippen LogP contribution in [-0.2, 0) is 4.74 Å². The lowest BCUT2D eigenvalue weighted by atomic mass is 10.2. The number of thiol groups is 1. The summed E-state index contributed by atoms with van der Waals surface area (Å²) in [5.41, 5.74) is -0.369. The Morgan fingerprint density at radius 3 is 2.20 bits per heavy atom.